The van der Waals surface area contributed by atoms with Crippen LogP contribution >= 0.6 is 0 Å². The highest BCUT2D eigenvalue weighted by atomic mass is 19.1. The van der Waals surface area contributed by atoms with E-state index < -0.39 is 6.03 Å². The van der Waals surface area contributed by atoms with Gasteiger partial charge in [-0.05, 0) is 37.3 Å². The van der Waals surface area contributed by atoms with Crippen molar-refractivity contribution in [2.75, 3.05) is 10.6 Å². The number of carbonyl (C=O) groups is 1. The van der Waals surface area contributed by atoms with Gasteiger partial charge >= 0.3 is 6.03 Å². The lowest BCUT2D eigenvalue weighted by molar-refractivity contribution is 0.262. The highest BCUT2D eigenvalue weighted by Gasteiger charge is 2.09. The van der Waals surface area contributed by atoms with Crippen molar-refractivity contribution in [3.8, 4) is 11.3 Å². The van der Waals surface area contributed by atoms with Crippen molar-refractivity contribution in [2.24, 2.45) is 0 Å². The first-order valence-corrected chi connectivity index (χ1v) is 8.33. The number of urea groups is 1. The van der Waals surface area contributed by atoms with Gasteiger partial charge in [0.15, 0.2) is 0 Å². The molecule has 134 valence electrons. The summed E-state index contributed by atoms with van der Waals surface area (Å²) in [6.07, 6.45) is 5.43. The van der Waals surface area contributed by atoms with E-state index in [9.17, 15) is 9.18 Å². The molecule has 0 spiro atoms. The smallest absolute Gasteiger partial charge is 0.308 e. The number of fused-ring (bicyclic) bond motifs is 1. The van der Waals surface area contributed by atoms with Crippen molar-refractivity contribution in [1.29, 1.82) is 0 Å². The van der Waals surface area contributed by atoms with E-state index in [0.717, 1.165) is 11.3 Å². The lowest BCUT2D eigenvalue weighted by Gasteiger charge is -2.11. The molecule has 0 aliphatic carbocycles. The van der Waals surface area contributed by atoms with E-state index in [1.54, 1.807) is 31.3 Å². The molecule has 0 aliphatic heterocycles. The van der Waals surface area contributed by atoms with Crippen LogP contribution in [0.1, 0.15) is 5.56 Å². The van der Waals surface area contributed by atoms with Crippen LogP contribution in [0.5, 0.6) is 0 Å². The van der Waals surface area contributed by atoms with Crippen LogP contribution in [-0.4, -0.2) is 20.4 Å². The first kappa shape index (κ1) is 16.7. The van der Waals surface area contributed by atoms with Gasteiger partial charge < -0.3 is 10.6 Å². The second kappa shape index (κ2) is 6.87. The SMILES string of the molecule is Cc1c(F)cccc1NC(=O)Nc1cccc(-c2cn3cccnc3n2)c1. The minimum absolute atomic E-state index is 0.366. The second-order valence-corrected chi connectivity index (χ2v) is 6.03. The highest BCUT2D eigenvalue weighted by molar-refractivity contribution is 6.00. The van der Waals surface area contributed by atoms with Crippen LogP contribution in [0.15, 0.2) is 67.1 Å². The van der Waals surface area contributed by atoms with Gasteiger partial charge in [0.25, 0.3) is 0 Å². The van der Waals surface area contributed by atoms with E-state index in [4.69, 9.17) is 0 Å². The van der Waals surface area contributed by atoms with Gasteiger partial charge in [0.2, 0.25) is 5.78 Å². The van der Waals surface area contributed by atoms with E-state index in [-0.39, 0.29) is 5.82 Å². The van der Waals surface area contributed by atoms with Gasteiger partial charge in [0.05, 0.1) is 5.69 Å². The zero-order chi connectivity index (χ0) is 18.8. The zero-order valence-corrected chi connectivity index (χ0v) is 14.5. The van der Waals surface area contributed by atoms with E-state index in [1.165, 1.54) is 6.07 Å². The summed E-state index contributed by atoms with van der Waals surface area (Å²) in [4.78, 5) is 20.9. The Hall–Kier alpha value is -3.74. The summed E-state index contributed by atoms with van der Waals surface area (Å²) < 4.78 is 15.4. The fourth-order valence-electron chi connectivity index (χ4n) is 2.75. The molecule has 27 heavy (non-hydrogen) atoms. The third-order valence-electron chi connectivity index (χ3n) is 4.17. The molecule has 4 rings (SSSR count). The quantitative estimate of drug-likeness (QED) is 0.565. The molecule has 2 amide bonds. The number of anilines is 2. The van der Waals surface area contributed by atoms with Crippen LogP contribution in [0, 0.1) is 12.7 Å². The number of hydrogen-bond donors (Lipinski definition) is 2. The molecule has 2 aromatic heterocycles. The Morgan fingerprint density at radius 1 is 1.11 bits per heavy atom. The first-order chi connectivity index (χ1) is 13.1. The summed E-state index contributed by atoms with van der Waals surface area (Å²) in [6.45, 7) is 1.61. The molecule has 2 heterocycles. The number of hydrogen-bond acceptors (Lipinski definition) is 3. The van der Waals surface area contributed by atoms with Gasteiger partial charge in [0, 0.05) is 41.1 Å². The Kier molecular flexibility index (Phi) is 4.25. The fourth-order valence-corrected chi connectivity index (χ4v) is 2.75. The molecule has 2 aromatic carbocycles. The van der Waals surface area contributed by atoms with Crippen LogP contribution in [0.25, 0.3) is 17.0 Å². The maximum absolute atomic E-state index is 13.6. The van der Waals surface area contributed by atoms with Crippen LogP contribution in [0.2, 0.25) is 0 Å². The van der Waals surface area contributed by atoms with Crippen molar-refractivity contribution in [3.05, 3.63) is 78.5 Å². The van der Waals surface area contributed by atoms with E-state index in [2.05, 4.69) is 20.6 Å². The van der Waals surface area contributed by atoms with Crippen LogP contribution in [-0.2, 0) is 0 Å². The monoisotopic (exact) mass is 361 g/mol. The Labute approximate surface area is 154 Å². The maximum atomic E-state index is 13.6. The third-order valence-corrected chi connectivity index (χ3v) is 4.17. The van der Waals surface area contributed by atoms with Gasteiger partial charge in [-0.25, -0.2) is 19.2 Å². The van der Waals surface area contributed by atoms with Crippen LogP contribution in [0.4, 0.5) is 20.6 Å². The number of halogens is 1. The van der Waals surface area contributed by atoms with Gasteiger partial charge in [-0.2, -0.15) is 0 Å². The van der Waals surface area contributed by atoms with Gasteiger partial charge in [-0.1, -0.05) is 18.2 Å². The lowest BCUT2D eigenvalue weighted by Crippen LogP contribution is -2.20. The van der Waals surface area contributed by atoms with Crippen molar-refractivity contribution in [1.82, 2.24) is 14.4 Å². The Bertz CT molecular complexity index is 1110. The summed E-state index contributed by atoms with van der Waals surface area (Å²) in [7, 11) is 0. The normalized spacial score (nSPS) is 10.7. The number of benzene rings is 2. The zero-order valence-electron chi connectivity index (χ0n) is 14.5. The third kappa shape index (κ3) is 3.48. The van der Waals surface area contributed by atoms with E-state index >= 15 is 0 Å². The summed E-state index contributed by atoms with van der Waals surface area (Å²) in [6, 6.07) is 13.3. The molecule has 0 saturated carbocycles. The van der Waals surface area contributed by atoms with Crippen molar-refractivity contribution in [2.45, 2.75) is 6.92 Å². The average molecular weight is 361 g/mol. The average Bonchev–Trinajstić information content (AvgIpc) is 3.10. The Balaban J connectivity index is 1.54. The molecule has 0 radical (unpaired) electrons. The van der Waals surface area contributed by atoms with Crippen LogP contribution in [0.3, 0.4) is 0 Å². The molecule has 2 N–H and O–H groups in total. The van der Waals surface area contributed by atoms with Crippen molar-refractivity contribution < 1.29 is 9.18 Å². The molecule has 4 aromatic rings. The molecule has 0 aliphatic rings. The molecule has 0 unspecified atom stereocenters. The standard InChI is InChI=1S/C20H16FN5O/c1-13-16(21)7-3-8-17(13)25-20(27)23-15-6-2-5-14(11-15)18-12-26-10-4-9-22-19(26)24-18/h2-12H,1H3,(H2,23,25,27). The van der Waals surface area contributed by atoms with Gasteiger partial charge in [-0.3, -0.25) is 4.40 Å². The molecule has 0 bridgehead atoms. The van der Waals surface area contributed by atoms with E-state index in [0.29, 0.717) is 22.7 Å². The minimum Gasteiger partial charge on any atom is -0.308 e. The molecule has 0 atom stereocenters. The van der Waals surface area contributed by atoms with Crippen molar-refractivity contribution in [3.63, 3.8) is 0 Å². The van der Waals surface area contributed by atoms with E-state index in [1.807, 2.05) is 41.1 Å². The number of nitrogens with zero attached hydrogens (tertiary/aromatic N) is 3. The predicted molar refractivity (Wildman–Crippen MR) is 102 cm³/mol. The Morgan fingerprint density at radius 2 is 1.96 bits per heavy atom. The molecular formula is C20H16FN5O. The molecular weight excluding hydrogens is 345 g/mol. The predicted octanol–water partition coefficient (Wildman–Crippen LogP) is 4.49. The van der Waals surface area contributed by atoms with Gasteiger partial charge in [-0.15, -0.1) is 0 Å². The summed E-state index contributed by atoms with van der Waals surface area (Å²) in [5.41, 5.74) is 3.01. The fraction of sp³-hybridized carbons (Fsp3) is 0.0500. The molecule has 0 fully saturated rings. The maximum Gasteiger partial charge on any atom is 0.323 e. The van der Waals surface area contributed by atoms with Gasteiger partial charge in [0.1, 0.15) is 5.82 Å². The number of aromatic nitrogens is 3. The van der Waals surface area contributed by atoms with Crippen LogP contribution < -0.4 is 10.6 Å². The first-order valence-electron chi connectivity index (χ1n) is 8.33. The summed E-state index contributed by atoms with van der Waals surface area (Å²) >= 11 is 0. The number of rotatable bonds is 3. The minimum atomic E-state index is -0.447. The number of imidazole rings is 1. The Morgan fingerprint density at radius 3 is 2.81 bits per heavy atom. The number of nitrogens with one attached hydrogen (secondary N) is 2. The highest BCUT2D eigenvalue weighted by Crippen LogP contribution is 2.23. The summed E-state index contributed by atoms with van der Waals surface area (Å²) in [5, 5.41) is 5.42. The molecule has 0 saturated heterocycles. The number of carbonyl (C=O) groups excluding carboxylic acids is 1. The lowest BCUT2D eigenvalue weighted by atomic mass is 10.1. The second-order valence-electron chi connectivity index (χ2n) is 6.03. The summed E-state index contributed by atoms with van der Waals surface area (Å²) in [5.74, 6) is 0.237. The van der Waals surface area contributed by atoms with Crippen molar-refractivity contribution >= 4 is 23.2 Å². The number of amides is 2. The largest absolute Gasteiger partial charge is 0.323 e. The molecule has 7 heteroatoms. The molecule has 6 nitrogen and oxygen atoms in total. The topological polar surface area (TPSA) is 71.3 Å².